The normalized spacial score (nSPS) is 27.6. The summed E-state index contributed by atoms with van der Waals surface area (Å²) in [7, 11) is 0. The summed E-state index contributed by atoms with van der Waals surface area (Å²) in [6.07, 6.45) is 12.8. The SMILES string of the molecule is CCCNC(CN1CCCC(CC)C1)C1CCCCC1. The van der Waals surface area contributed by atoms with Crippen LogP contribution in [0.1, 0.15) is 71.6 Å². The fourth-order valence-electron chi connectivity index (χ4n) is 4.18. The highest BCUT2D eigenvalue weighted by Gasteiger charge is 2.27. The Morgan fingerprint density at radius 1 is 1.05 bits per heavy atom. The third-order valence-corrected chi connectivity index (χ3v) is 5.51. The summed E-state index contributed by atoms with van der Waals surface area (Å²) in [4.78, 5) is 2.76. The van der Waals surface area contributed by atoms with Crippen LogP contribution in [0, 0.1) is 11.8 Å². The zero-order chi connectivity index (χ0) is 14.2. The molecule has 2 heteroatoms. The molecule has 2 rings (SSSR count). The van der Waals surface area contributed by atoms with Crippen molar-refractivity contribution >= 4 is 0 Å². The lowest BCUT2D eigenvalue weighted by Gasteiger charge is -2.38. The molecule has 0 aromatic rings. The minimum absolute atomic E-state index is 0.755. The van der Waals surface area contributed by atoms with Crippen molar-refractivity contribution in [1.29, 1.82) is 0 Å². The molecule has 1 aliphatic carbocycles. The van der Waals surface area contributed by atoms with Gasteiger partial charge in [-0.3, -0.25) is 0 Å². The van der Waals surface area contributed by atoms with E-state index in [1.165, 1.54) is 84.0 Å². The second-order valence-corrected chi connectivity index (χ2v) is 7.13. The van der Waals surface area contributed by atoms with E-state index in [1.807, 2.05) is 0 Å². The van der Waals surface area contributed by atoms with Crippen LogP contribution < -0.4 is 5.32 Å². The Kier molecular flexibility index (Phi) is 7.37. The van der Waals surface area contributed by atoms with Crippen LogP contribution in [0.5, 0.6) is 0 Å². The summed E-state index contributed by atoms with van der Waals surface area (Å²) in [5.41, 5.74) is 0. The van der Waals surface area contributed by atoms with E-state index in [9.17, 15) is 0 Å². The number of nitrogens with one attached hydrogen (secondary N) is 1. The van der Waals surface area contributed by atoms with E-state index in [2.05, 4.69) is 24.1 Å². The molecule has 2 unspecified atom stereocenters. The zero-order valence-electron chi connectivity index (χ0n) is 13.9. The number of hydrogen-bond donors (Lipinski definition) is 1. The van der Waals surface area contributed by atoms with E-state index in [4.69, 9.17) is 0 Å². The van der Waals surface area contributed by atoms with Crippen molar-refractivity contribution in [3.63, 3.8) is 0 Å². The third kappa shape index (κ3) is 5.04. The fraction of sp³-hybridized carbons (Fsp3) is 1.00. The predicted octanol–water partition coefficient (Wildman–Crippen LogP) is 4.06. The van der Waals surface area contributed by atoms with Crippen LogP contribution in [0.4, 0.5) is 0 Å². The van der Waals surface area contributed by atoms with E-state index in [0.717, 1.165) is 17.9 Å². The van der Waals surface area contributed by atoms with Crippen LogP contribution in [0.25, 0.3) is 0 Å². The molecule has 2 aliphatic rings. The summed E-state index contributed by atoms with van der Waals surface area (Å²) in [5, 5.41) is 3.88. The maximum absolute atomic E-state index is 3.88. The second kappa shape index (κ2) is 9.04. The van der Waals surface area contributed by atoms with Gasteiger partial charge in [-0.25, -0.2) is 0 Å². The molecule has 0 bridgehead atoms. The molecule has 1 N–H and O–H groups in total. The Morgan fingerprint density at radius 3 is 2.55 bits per heavy atom. The van der Waals surface area contributed by atoms with Gasteiger partial charge in [0.2, 0.25) is 0 Å². The molecular weight excluding hydrogens is 244 g/mol. The highest BCUT2D eigenvalue weighted by atomic mass is 15.2. The Bertz CT molecular complexity index is 248. The van der Waals surface area contributed by atoms with Gasteiger partial charge in [-0.15, -0.1) is 0 Å². The molecule has 1 aliphatic heterocycles. The Balaban J connectivity index is 1.85. The van der Waals surface area contributed by atoms with Crippen LogP contribution in [0.15, 0.2) is 0 Å². The largest absolute Gasteiger partial charge is 0.312 e. The van der Waals surface area contributed by atoms with Crippen molar-refractivity contribution in [2.24, 2.45) is 11.8 Å². The number of nitrogens with zero attached hydrogens (tertiary/aromatic N) is 1. The molecular formula is C18H36N2. The van der Waals surface area contributed by atoms with Gasteiger partial charge in [-0.1, -0.05) is 39.5 Å². The topological polar surface area (TPSA) is 15.3 Å². The van der Waals surface area contributed by atoms with Crippen molar-refractivity contribution in [2.45, 2.75) is 77.7 Å². The van der Waals surface area contributed by atoms with Gasteiger partial charge in [-0.05, 0) is 57.0 Å². The average molecular weight is 280 g/mol. The molecule has 2 nitrogen and oxygen atoms in total. The first kappa shape index (κ1) is 16.3. The molecule has 0 spiro atoms. The van der Waals surface area contributed by atoms with Gasteiger partial charge in [-0.2, -0.15) is 0 Å². The van der Waals surface area contributed by atoms with Crippen LogP contribution in [0.2, 0.25) is 0 Å². The minimum atomic E-state index is 0.755. The molecule has 20 heavy (non-hydrogen) atoms. The van der Waals surface area contributed by atoms with Crippen molar-refractivity contribution in [3.8, 4) is 0 Å². The van der Waals surface area contributed by atoms with Gasteiger partial charge < -0.3 is 10.2 Å². The third-order valence-electron chi connectivity index (χ3n) is 5.51. The quantitative estimate of drug-likeness (QED) is 0.756. The highest BCUT2D eigenvalue weighted by molar-refractivity contribution is 4.84. The summed E-state index contributed by atoms with van der Waals surface area (Å²) in [6.45, 7) is 9.86. The van der Waals surface area contributed by atoms with Gasteiger partial charge in [0.05, 0.1) is 0 Å². The van der Waals surface area contributed by atoms with Crippen molar-refractivity contribution in [1.82, 2.24) is 10.2 Å². The van der Waals surface area contributed by atoms with Crippen LogP contribution >= 0.6 is 0 Å². The molecule has 118 valence electrons. The molecule has 1 saturated heterocycles. The molecule has 1 saturated carbocycles. The predicted molar refractivity (Wildman–Crippen MR) is 88.1 cm³/mol. The molecule has 0 radical (unpaired) electrons. The molecule has 2 atom stereocenters. The number of piperidine rings is 1. The van der Waals surface area contributed by atoms with E-state index in [1.54, 1.807) is 0 Å². The van der Waals surface area contributed by atoms with Crippen LogP contribution in [-0.4, -0.2) is 37.1 Å². The molecule has 1 heterocycles. The summed E-state index contributed by atoms with van der Waals surface area (Å²) in [5.74, 6) is 1.90. The standard InChI is InChI=1S/C18H36N2/c1-3-12-19-18(17-10-6-5-7-11-17)15-20-13-8-9-16(4-2)14-20/h16-19H,3-15H2,1-2H3. The van der Waals surface area contributed by atoms with Gasteiger partial charge in [0, 0.05) is 19.1 Å². The van der Waals surface area contributed by atoms with Crippen molar-refractivity contribution in [3.05, 3.63) is 0 Å². The Labute approximate surface area is 126 Å². The highest BCUT2D eigenvalue weighted by Crippen LogP contribution is 2.28. The van der Waals surface area contributed by atoms with E-state index in [-0.39, 0.29) is 0 Å². The fourth-order valence-corrected chi connectivity index (χ4v) is 4.18. The van der Waals surface area contributed by atoms with E-state index < -0.39 is 0 Å². The number of likely N-dealkylation sites (tertiary alicyclic amines) is 1. The first-order chi connectivity index (χ1) is 9.83. The smallest absolute Gasteiger partial charge is 0.0223 e. The monoisotopic (exact) mass is 280 g/mol. The number of rotatable bonds is 7. The molecule has 0 aromatic carbocycles. The van der Waals surface area contributed by atoms with Gasteiger partial charge in [0.25, 0.3) is 0 Å². The van der Waals surface area contributed by atoms with Crippen LogP contribution in [0.3, 0.4) is 0 Å². The lowest BCUT2D eigenvalue weighted by molar-refractivity contribution is 0.131. The van der Waals surface area contributed by atoms with Crippen molar-refractivity contribution < 1.29 is 0 Å². The minimum Gasteiger partial charge on any atom is -0.312 e. The molecule has 0 aromatic heterocycles. The average Bonchev–Trinajstić information content (AvgIpc) is 2.52. The lowest BCUT2D eigenvalue weighted by Crippen LogP contribution is -2.49. The van der Waals surface area contributed by atoms with Gasteiger partial charge >= 0.3 is 0 Å². The molecule has 0 amide bonds. The number of hydrogen-bond acceptors (Lipinski definition) is 2. The first-order valence-corrected chi connectivity index (χ1v) is 9.29. The maximum Gasteiger partial charge on any atom is 0.0223 e. The lowest BCUT2D eigenvalue weighted by atomic mass is 9.83. The Hall–Kier alpha value is -0.0800. The first-order valence-electron chi connectivity index (χ1n) is 9.29. The molecule has 2 fully saturated rings. The maximum atomic E-state index is 3.88. The summed E-state index contributed by atoms with van der Waals surface area (Å²) >= 11 is 0. The van der Waals surface area contributed by atoms with Gasteiger partial charge in [0.15, 0.2) is 0 Å². The van der Waals surface area contributed by atoms with Crippen LogP contribution in [-0.2, 0) is 0 Å². The second-order valence-electron chi connectivity index (χ2n) is 7.13. The Morgan fingerprint density at radius 2 is 1.85 bits per heavy atom. The summed E-state index contributed by atoms with van der Waals surface area (Å²) in [6, 6.07) is 0.755. The van der Waals surface area contributed by atoms with E-state index in [0.29, 0.717) is 0 Å². The zero-order valence-corrected chi connectivity index (χ0v) is 13.9. The van der Waals surface area contributed by atoms with Crippen molar-refractivity contribution in [2.75, 3.05) is 26.2 Å². The van der Waals surface area contributed by atoms with Gasteiger partial charge in [0.1, 0.15) is 0 Å². The summed E-state index contributed by atoms with van der Waals surface area (Å²) < 4.78 is 0. The van der Waals surface area contributed by atoms with E-state index >= 15 is 0 Å².